The molecule has 1 heterocycles. The second kappa shape index (κ2) is 9.15. The van der Waals surface area contributed by atoms with Gasteiger partial charge in [0.2, 0.25) is 21.1 Å². The number of carbonyl (C=O) groups excluding carboxylic acids is 1. The highest BCUT2D eigenvalue weighted by Gasteiger charge is 2.27. The molecule has 1 amide bonds. The van der Waals surface area contributed by atoms with E-state index < -0.39 is 22.0 Å². The molecule has 0 aliphatic rings. The predicted molar refractivity (Wildman–Crippen MR) is 102 cm³/mol. The van der Waals surface area contributed by atoms with Crippen molar-refractivity contribution in [2.45, 2.75) is 17.4 Å². The predicted octanol–water partition coefficient (Wildman–Crippen LogP) is 2.88. The Hall–Kier alpha value is -0.910. The second-order valence-electron chi connectivity index (χ2n) is 4.76. The first-order valence-electron chi connectivity index (χ1n) is 6.87. The van der Waals surface area contributed by atoms with Crippen molar-refractivity contribution in [1.82, 2.24) is 14.9 Å². The van der Waals surface area contributed by atoms with Gasteiger partial charge in [-0.1, -0.05) is 34.5 Å². The molecule has 1 unspecified atom stereocenters. The van der Waals surface area contributed by atoms with Crippen molar-refractivity contribution in [2.75, 3.05) is 17.3 Å². The number of benzene rings is 1. The first-order chi connectivity index (χ1) is 11.8. The van der Waals surface area contributed by atoms with Gasteiger partial charge in [0.15, 0.2) is 0 Å². The molecule has 1 aromatic heterocycles. The molecule has 2 N–H and O–H groups in total. The Balaban J connectivity index is 2.22. The number of rotatable bonds is 8. The fourth-order valence-corrected chi connectivity index (χ4v) is 4.74. The van der Waals surface area contributed by atoms with Crippen LogP contribution < -0.4 is 10.0 Å². The highest BCUT2D eigenvalue weighted by atomic mass is 35.5. The Morgan fingerprint density at radius 3 is 2.80 bits per heavy atom. The standard InChI is InChI=1S/C13H14Cl2N4O3S3/c1-23-5-4-10(12(20)17-13-18-16-7-24-13)19-25(21,22)11-6-8(14)2-3-9(11)15/h2-3,6-7,10,19H,4-5H2,1H3,(H,17,18,20). The van der Waals surface area contributed by atoms with Crippen LogP contribution in [0.1, 0.15) is 6.42 Å². The molecule has 1 atom stereocenters. The Kier molecular flexibility index (Phi) is 7.47. The Bertz CT molecular complexity index is 831. The first kappa shape index (κ1) is 20.4. The van der Waals surface area contributed by atoms with E-state index in [2.05, 4.69) is 20.2 Å². The molecule has 0 aliphatic heterocycles. The number of amides is 1. The van der Waals surface area contributed by atoms with Crippen LogP contribution in [-0.4, -0.2) is 42.6 Å². The lowest BCUT2D eigenvalue weighted by atomic mass is 10.2. The molecule has 136 valence electrons. The zero-order valence-electron chi connectivity index (χ0n) is 12.9. The summed E-state index contributed by atoms with van der Waals surface area (Å²) in [5.41, 5.74) is 1.46. The van der Waals surface area contributed by atoms with Gasteiger partial charge < -0.3 is 0 Å². The third-order valence-corrected chi connectivity index (χ3v) is 6.44. The Morgan fingerprint density at radius 1 is 1.40 bits per heavy atom. The van der Waals surface area contributed by atoms with Crippen LogP contribution >= 0.6 is 46.3 Å². The number of nitrogens with one attached hydrogen (secondary N) is 2. The number of thioether (sulfide) groups is 1. The van der Waals surface area contributed by atoms with E-state index in [0.29, 0.717) is 17.3 Å². The van der Waals surface area contributed by atoms with Gasteiger partial charge in [-0.15, -0.1) is 10.2 Å². The Morgan fingerprint density at radius 2 is 2.16 bits per heavy atom. The van der Waals surface area contributed by atoms with Gasteiger partial charge in [0.1, 0.15) is 16.4 Å². The number of hydrogen-bond acceptors (Lipinski definition) is 7. The number of hydrogen-bond donors (Lipinski definition) is 2. The Labute approximate surface area is 163 Å². The number of carbonyl (C=O) groups is 1. The van der Waals surface area contributed by atoms with Gasteiger partial charge in [-0.25, -0.2) is 8.42 Å². The average molecular weight is 441 g/mol. The molecular formula is C13H14Cl2N4O3S3. The maximum Gasteiger partial charge on any atom is 0.244 e. The summed E-state index contributed by atoms with van der Waals surface area (Å²) in [7, 11) is -4.04. The molecule has 1 aromatic carbocycles. The van der Waals surface area contributed by atoms with E-state index in [-0.39, 0.29) is 14.9 Å². The molecule has 2 aromatic rings. The highest BCUT2D eigenvalue weighted by molar-refractivity contribution is 7.98. The van der Waals surface area contributed by atoms with Crippen molar-refractivity contribution in [2.24, 2.45) is 0 Å². The number of sulfonamides is 1. The molecule has 0 saturated carbocycles. The van der Waals surface area contributed by atoms with Crippen molar-refractivity contribution < 1.29 is 13.2 Å². The van der Waals surface area contributed by atoms with E-state index in [9.17, 15) is 13.2 Å². The second-order valence-corrected chi connectivity index (χ2v) is 9.11. The summed E-state index contributed by atoms with van der Waals surface area (Å²) in [5.74, 6) is 0.0625. The molecule has 0 aliphatic carbocycles. The van der Waals surface area contributed by atoms with Crippen LogP contribution in [-0.2, 0) is 14.8 Å². The maximum absolute atomic E-state index is 12.6. The van der Waals surface area contributed by atoms with Gasteiger partial charge in [0.05, 0.1) is 5.02 Å². The smallest absolute Gasteiger partial charge is 0.244 e. The molecule has 7 nitrogen and oxygen atoms in total. The van der Waals surface area contributed by atoms with E-state index in [4.69, 9.17) is 23.2 Å². The lowest BCUT2D eigenvalue weighted by molar-refractivity contribution is -0.117. The van der Waals surface area contributed by atoms with E-state index >= 15 is 0 Å². The van der Waals surface area contributed by atoms with Crippen molar-refractivity contribution in [3.05, 3.63) is 33.8 Å². The molecule has 0 bridgehead atoms. The lowest BCUT2D eigenvalue weighted by Gasteiger charge is -2.18. The lowest BCUT2D eigenvalue weighted by Crippen LogP contribution is -2.44. The van der Waals surface area contributed by atoms with Crippen LogP contribution in [0.2, 0.25) is 10.0 Å². The summed E-state index contributed by atoms with van der Waals surface area (Å²) in [6, 6.07) is 3.12. The normalized spacial score (nSPS) is 12.8. The quantitative estimate of drug-likeness (QED) is 0.654. The monoisotopic (exact) mass is 440 g/mol. The molecule has 25 heavy (non-hydrogen) atoms. The van der Waals surface area contributed by atoms with Crippen molar-refractivity contribution in [1.29, 1.82) is 0 Å². The van der Waals surface area contributed by atoms with Crippen LogP contribution in [0.5, 0.6) is 0 Å². The molecule has 2 rings (SSSR count). The third kappa shape index (κ3) is 5.80. The highest BCUT2D eigenvalue weighted by Crippen LogP contribution is 2.25. The summed E-state index contributed by atoms with van der Waals surface area (Å²) in [6.07, 6.45) is 2.16. The molecule has 0 radical (unpaired) electrons. The topological polar surface area (TPSA) is 101 Å². The number of anilines is 1. The van der Waals surface area contributed by atoms with Crippen molar-refractivity contribution in [3.63, 3.8) is 0 Å². The molecule has 0 saturated heterocycles. The zero-order valence-corrected chi connectivity index (χ0v) is 16.9. The minimum absolute atomic E-state index is 0.0186. The van der Waals surface area contributed by atoms with Gasteiger partial charge in [-0.2, -0.15) is 16.5 Å². The van der Waals surface area contributed by atoms with E-state index in [1.807, 2.05) is 6.26 Å². The van der Waals surface area contributed by atoms with Crippen LogP contribution in [0.15, 0.2) is 28.6 Å². The third-order valence-electron chi connectivity index (χ3n) is 3.00. The van der Waals surface area contributed by atoms with Crippen molar-refractivity contribution in [3.8, 4) is 0 Å². The molecule has 0 fully saturated rings. The summed E-state index contributed by atoms with van der Waals surface area (Å²) in [5, 5.41) is 10.4. The van der Waals surface area contributed by atoms with Gasteiger partial charge in [0, 0.05) is 5.02 Å². The summed E-state index contributed by atoms with van der Waals surface area (Å²) in [6.45, 7) is 0. The maximum atomic E-state index is 12.6. The molecule has 12 heteroatoms. The van der Waals surface area contributed by atoms with Gasteiger partial charge in [-0.3, -0.25) is 10.1 Å². The minimum atomic E-state index is -4.04. The molecular weight excluding hydrogens is 427 g/mol. The minimum Gasteiger partial charge on any atom is -0.299 e. The fourth-order valence-electron chi connectivity index (χ4n) is 1.83. The average Bonchev–Trinajstić information content (AvgIpc) is 3.06. The number of halogens is 2. The van der Waals surface area contributed by atoms with Crippen molar-refractivity contribution >= 4 is 67.4 Å². The van der Waals surface area contributed by atoms with Gasteiger partial charge in [0.25, 0.3) is 0 Å². The zero-order chi connectivity index (χ0) is 18.4. The first-order valence-corrected chi connectivity index (χ1v) is 11.4. The van der Waals surface area contributed by atoms with E-state index in [1.54, 1.807) is 0 Å². The van der Waals surface area contributed by atoms with Crippen LogP contribution in [0, 0.1) is 0 Å². The number of aromatic nitrogens is 2. The number of nitrogens with zero attached hydrogens (tertiary/aromatic N) is 2. The van der Waals surface area contributed by atoms with E-state index in [0.717, 1.165) is 11.3 Å². The van der Waals surface area contributed by atoms with Gasteiger partial charge in [-0.05, 0) is 36.6 Å². The molecule has 0 spiro atoms. The van der Waals surface area contributed by atoms with Crippen LogP contribution in [0.4, 0.5) is 5.13 Å². The van der Waals surface area contributed by atoms with E-state index in [1.165, 1.54) is 35.5 Å². The van der Waals surface area contributed by atoms with Crippen LogP contribution in [0.3, 0.4) is 0 Å². The summed E-state index contributed by atoms with van der Waals surface area (Å²) >= 11 is 14.4. The van der Waals surface area contributed by atoms with Gasteiger partial charge >= 0.3 is 0 Å². The summed E-state index contributed by atoms with van der Waals surface area (Å²) in [4.78, 5) is 12.2. The fraction of sp³-hybridized carbons (Fsp3) is 0.308. The van der Waals surface area contributed by atoms with Crippen LogP contribution in [0.25, 0.3) is 0 Å². The SMILES string of the molecule is CSCCC(NS(=O)(=O)c1cc(Cl)ccc1Cl)C(=O)Nc1nncs1. The summed E-state index contributed by atoms with van der Waals surface area (Å²) < 4.78 is 27.6. The largest absolute Gasteiger partial charge is 0.299 e.